The van der Waals surface area contributed by atoms with Crippen molar-refractivity contribution in [1.82, 2.24) is 9.62 Å². The summed E-state index contributed by atoms with van der Waals surface area (Å²) in [5.41, 5.74) is 1.44. The number of benzene rings is 2. The Balaban J connectivity index is 1.51. The van der Waals surface area contributed by atoms with Gasteiger partial charge in [-0.2, -0.15) is 4.31 Å². The van der Waals surface area contributed by atoms with Gasteiger partial charge in [0.1, 0.15) is 12.2 Å². The van der Waals surface area contributed by atoms with E-state index >= 15 is 0 Å². The number of hydrogen-bond donors (Lipinski definition) is 3. The highest BCUT2D eigenvalue weighted by atomic mass is 32.2. The van der Waals surface area contributed by atoms with Crippen molar-refractivity contribution in [3.63, 3.8) is 0 Å². The standard InChI is InChI=1S/C28H38N2O9S/c1-19(2)15-30(40(34,35)22-10-8-21(17-31)9-11-22)16-24(32)23(14-20-6-4-3-5-7-20)29-28(33)39-25-12-13-36-27-26(25)37-18-38-27/h3-11,19,23-27,31-32H,12-18H2,1-2H3,(H,29,33)/t23-,24+,25-,26-,27-/m0/s1. The Hall–Kier alpha value is -2.58. The van der Waals surface area contributed by atoms with E-state index < -0.39 is 46.8 Å². The van der Waals surface area contributed by atoms with Crippen LogP contribution in [0.15, 0.2) is 59.5 Å². The SMILES string of the molecule is CC(C)CN(C[C@@H](O)[C@H](Cc1ccccc1)NC(=O)O[C@H]1CCO[C@H]2OCO[C@H]21)S(=O)(=O)c1ccc(CO)cc1. The van der Waals surface area contributed by atoms with E-state index in [4.69, 9.17) is 18.9 Å². The maximum atomic E-state index is 13.6. The number of ether oxygens (including phenoxy) is 4. The number of hydrogen-bond acceptors (Lipinski definition) is 9. The minimum Gasteiger partial charge on any atom is -0.443 e. The van der Waals surface area contributed by atoms with E-state index in [1.165, 1.54) is 16.4 Å². The van der Waals surface area contributed by atoms with Crippen molar-refractivity contribution >= 4 is 16.1 Å². The number of carbonyl (C=O) groups excluding carboxylic acids is 1. The highest BCUT2D eigenvalue weighted by Gasteiger charge is 2.42. The largest absolute Gasteiger partial charge is 0.443 e. The second-order valence-corrected chi connectivity index (χ2v) is 12.4. The first-order valence-electron chi connectivity index (χ1n) is 13.4. The minimum absolute atomic E-state index is 0.0284. The molecule has 2 aliphatic rings. The number of alkyl carbamates (subject to hydrolysis) is 1. The van der Waals surface area contributed by atoms with Crippen LogP contribution in [0.4, 0.5) is 4.79 Å². The zero-order valence-electron chi connectivity index (χ0n) is 22.7. The van der Waals surface area contributed by atoms with E-state index in [1.54, 1.807) is 12.1 Å². The summed E-state index contributed by atoms with van der Waals surface area (Å²) >= 11 is 0. The molecule has 2 aliphatic heterocycles. The molecule has 2 heterocycles. The average molecular weight is 579 g/mol. The number of aliphatic hydroxyl groups is 2. The predicted molar refractivity (Wildman–Crippen MR) is 144 cm³/mol. The molecule has 12 heteroatoms. The fourth-order valence-electron chi connectivity index (χ4n) is 4.78. The van der Waals surface area contributed by atoms with E-state index in [1.807, 2.05) is 44.2 Å². The molecule has 2 saturated heterocycles. The smallest absolute Gasteiger partial charge is 0.407 e. The minimum atomic E-state index is -3.98. The Morgan fingerprint density at radius 2 is 1.77 bits per heavy atom. The van der Waals surface area contributed by atoms with Gasteiger partial charge in [0.15, 0.2) is 13.1 Å². The first-order valence-corrected chi connectivity index (χ1v) is 14.8. The van der Waals surface area contributed by atoms with Gasteiger partial charge in [0.2, 0.25) is 10.0 Å². The lowest BCUT2D eigenvalue weighted by molar-refractivity contribution is -0.168. The fourth-order valence-corrected chi connectivity index (χ4v) is 6.40. The number of aliphatic hydroxyl groups excluding tert-OH is 2. The lowest BCUT2D eigenvalue weighted by atomic mass is 10.0. The molecular formula is C28H38N2O9S. The summed E-state index contributed by atoms with van der Waals surface area (Å²) in [5.74, 6) is -0.0284. The molecule has 0 aliphatic carbocycles. The molecule has 11 nitrogen and oxygen atoms in total. The Bertz CT molecular complexity index is 1190. The molecule has 1 amide bonds. The number of nitrogens with one attached hydrogen (secondary N) is 1. The van der Waals surface area contributed by atoms with Crippen LogP contribution in [0, 0.1) is 5.92 Å². The Kier molecular flexibility index (Phi) is 10.5. The topological polar surface area (TPSA) is 144 Å². The van der Waals surface area contributed by atoms with Crippen LogP contribution in [-0.2, 0) is 42.0 Å². The summed E-state index contributed by atoms with van der Waals surface area (Å²) in [4.78, 5) is 13.1. The first-order chi connectivity index (χ1) is 19.2. The van der Waals surface area contributed by atoms with Gasteiger partial charge in [-0.05, 0) is 35.6 Å². The number of sulfonamides is 1. The van der Waals surface area contributed by atoms with Gasteiger partial charge in [0, 0.05) is 19.5 Å². The van der Waals surface area contributed by atoms with Gasteiger partial charge in [0.25, 0.3) is 0 Å². The van der Waals surface area contributed by atoms with E-state index in [2.05, 4.69) is 5.32 Å². The van der Waals surface area contributed by atoms with Crippen LogP contribution in [-0.4, -0.2) is 86.2 Å². The molecular weight excluding hydrogens is 540 g/mol. The van der Waals surface area contributed by atoms with E-state index in [9.17, 15) is 23.4 Å². The molecule has 0 saturated carbocycles. The molecule has 2 aromatic rings. The van der Waals surface area contributed by atoms with Gasteiger partial charge >= 0.3 is 6.09 Å². The van der Waals surface area contributed by atoms with Gasteiger partial charge < -0.3 is 34.5 Å². The molecule has 0 spiro atoms. The molecule has 0 bridgehead atoms. The van der Waals surface area contributed by atoms with Crippen LogP contribution in [0.3, 0.4) is 0 Å². The summed E-state index contributed by atoms with van der Waals surface area (Å²) in [5, 5.41) is 23.5. The van der Waals surface area contributed by atoms with Crippen molar-refractivity contribution in [2.24, 2.45) is 5.92 Å². The van der Waals surface area contributed by atoms with Crippen LogP contribution < -0.4 is 5.32 Å². The van der Waals surface area contributed by atoms with Crippen molar-refractivity contribution in [3.8, 4) is 0 Å². The molecule has 40 heavy (non-hydrogen) atoms. The van der Waals surface area contributed by atoms with E-state index in [0.29, 0.717) is 18.6 Å². The molecule has 220 valence electrons. The molecule has 0 aromatic heterocycles. The summed E-state index contributed by atoms with van der Waals surface area (Å²) in [7, 11) is -3.98. The van der Waals surface area contributed by atoms with Gasteiger partial charge in [0.05, 0.1) is 30.3 Å². The van der Waals surface area contributed by atoms with Crippen molar-refractivity contribution in [2.75, 3.05) is 26.5 Å². The molecule has 0 unspecified atom stereocenters. The average Bonchev–Trinajstić information content (AvgIpc) is 3.43. The Morgan fingerprint density at radius 3 is 2.45 bits per heavy atom. The van der Waals surface area contributed by atoms with Crippen molar-refractivity contribution in [1.29, 1.82) is 0 Å². The van der Waals surface area contributed by atoms with E-state index in [-0.39, 0.29) is 43.7 Å². The van der Waals surface area contributed by atoms with Crippen LogP contribution >= 0.6 is 0 Å². The van der Waals surface area contributed by atoms with Gasteiger partial charge in [-0.15, -0.1) is 0 Å². The van der Waals surface area contributed by atoms with Gasteiger partial charge in [-0.1, -0.05) is 56.3 Å². The number of amides is 1. The third-order valence-electron chi connectivity index (χ3n) is 6.84. The normalized spacial score (nSPS) is 22.6. The van der Waals surface area contributed by atoms with Crippen LogP contribution in [0.25, 0.3) is 0 Å². The number of nitrogens with zero attached hydrogens (tertiary/aromatic N) is 1. The lowest BCUT2D eigenvalue weighted by Gasteiger charge is -2.33. The summed E-state index contributed by atoms with van der Waals surface area (Å²) in [6.45, 7) is 3.87. The van der Waals surface area contributed by atoms with Gasteiger partial charge in [-0.3, -0.25) is 0 Å². The first kappa shape index (κ1) is 30.4. The second kappa shape index (κ2) is 13.9. The van der Waals surface area contributed by atoms with Crippen molar-refractivity contribution in [2.45, 2.75) is 68.8 Å². The maximum absolute atomic E-state index is 13.6. The lowest BCUT2D eigenvalue weighted by Crippen LogP contribution is -2.53. The fraction of sp³-hybridized carbons (Fsp3) is 0.536. The number of carbonyl (C=O) groups is 1. The third kappa shape index (κ3) is 7.78. The number of rotatable bonds is 12. The molecule has 5 atom stereocenters. The monoisotopic (exact) mass is 578 g/mol. The Morgan fingerprint density at radius 1 is 1.05 bits per heavy atom. The van der Waals surface area contributed by atoms with Crippen LogP contribution in [0.5, 0.6) is 0 Å². The molecule has 2 fully saturated rings. The van der Waals surface area contributed by atoms with Crippen LogP contribution in [0.2, 0.25) is 0 Å². The van der Waals surface area contributed by atoms with Gasteiger partial charge in [-0.25, -0.2) is 13.2 Å². The van der Waals surface area contributed by atoms with Crippen LogP contribution in [0.1, 0.15) is 31.4 Å². The molecule has 4 rings (SSSR count). The molecule has 0 radical (unpaired) electrons. The van der Waals surface area contributed by atoms with Crippen molar-refractivity contribution < 1.29 is 42.4 Å². The summed E-state index contributed by atoms with van der Waals surface area (Å²) < 4.78 is 50.4. The van der Waals surface area contributed by atoms with E-state index in [0.717, 1.165) is 5.56 Å². The zero-order chi connectivity index (χ0) is 28.7. The quantitative estimate of drug-likeness (QED) is 0.345. The molecule has 3 N–H and O–H groups in total. The summed E-state index contributed by atoms with van der Waals surface area (Å²) in [6.07, 6.45) is -3.06. The third-order valence-corrected chi connectivity index (χ3v) is 8.69. The second-order valence-electron chi connectivity index (χ2n) is 10.4. The molecule has 2 aromatic carbocycles. The summed E-state index contributed by atoms with van der Waals surface area (Å²) in [6, 6.07) is 14.4. The Labute approximate surface area is 235 Å². The highest BCUT2D eigenvalue weighted by molar-refractivity contribution is 7.89. The maximum Gasteiger partial charge on any atom is 0.407 e. The number of fused-ring (bicyclic) bond motifs is 1. The highest BCUT2D eigenvalue weighted by Crippen LogP contribution is 2.26. The predicted octanol–water partition coefficient (Wildman–Crippen LogP) is 2.01. The van der Waals surface area contributed by atoms with Crippen molar-refractivity contribution in [3.05, 3.63) is 65.7 Å². The zero-order valence-corrected chi connectivity index (χ0v) is 23.5.